The first-order valence-electron chi connectivity index (χ1n) is 11.4. The first-order chi connectivity index (χ1) is 15.2. The predicted octanol–water partition coefficient (Wildman–Crippen LogP) is 5.12. The van der Waals surface area contributed by atoms with E-state index in [4.69, 9.17) is 14.2 Å². The SMILES string of the molecule is COc1ccc(CC2CCN(C(=O)c3ccccc3OC)CC2)cc1OC1CCCC1. The second-order valence-electron chi connectivity index (χ2n) is 8.65. The lowest BCUT2D eigenvalue weighted by Gasteiger charge is -2.32. The van der Waals surface area contributed by atoms with Gasteiger partial charge < -0.3 is 19.1 Å². The molecule has 0 unspecified atom stereocenters. The predicted molar refractivity (Wildman–Crippen MR) is 121 cm³/mol. The molecular weight excluding hydrogens is 390 g/mol. The molecule has 0 aromatic heterocycles. The van der Waals surface area contributed by atoms with Crippen molar-refractivity contribution in [1.29, 1.82) is 0 Å². The molecule has 0 N–H and O–H groups in total. The molecule has 2 aromatic rings. The van der Waals surface area contributed by atoms with Crippen LogP contribution in [0.25, 0.3) is 0 Å². The van der Waals surface area contributed by atoms with E-state index >= 15 is 0 Å². The van der Waals surface area contributed by atoms with E-state index in [-0.39, 0.29) is 5.91 Å². The molecule has 1 saturated carbocycles. The molecule has 2 fully saturated rings. The van der Waals surface area contributed by atoms with Crippen LogP contribution in [0.3, 0.4) is 0 Å². The molecule has 1 aliphatic heterocycles. The number of amides is 1. The highest BCUT2D eigenvalue weighted by Crippen LogP contribution is 2.34. The van der Waals surface area contributed by atoms with Crippen LogP contribution < -0.4 is 14.2 Å². The average Bonchev–Trinajstić information content (AvgIpc) is 3.32. The summed E-state index contributed by atoms with van der Waals surface area (Å²) in [5.74, 6) is 2.95. The van der Waals surface area contributed by atoms with E-state index in [0.717, 1.165) is 56.7 Å². The molecule has 4 rings (SSSR count). The van der Waals surface area contributed by atoms with Crippen molar-refractivity contribution in [3.05, 3.63) is 53.6 Å². The Kier molecular flexibility index (Phi) is 7.00. The summed E-state index contributed by atoms with van der Waals surface area (Å²) in [6.45, 7) is 1.56. The maximum atomic E-state index is 12.9. The molecule has 0 bridgehead atoms. The van der Waals surface area contributed by atoms with Crippen LogP contribution in [0.5, 0.6) is 17.2 Å². The van der Waals surface area contributed by atoms with E-state index in [9.17, 15) is 4.79 Å². The van der Waals surface area contributed by atoms with Gasteiger partial charge in [0.1, 0.15) is 5.75 Å². The van der Waals surface area contributed by atoms with E-state index in [0.29, 0.717) is 23.3 Å². The molecular formula is C26H33NO4. The average molecular weight is 424 g/mol. The minimum Gasteiger partial charge on any atom is -0.496 e. The van der Waals surface area contributed by atoms with Gasteiger partial charge in [-0.1, -0.05) is 18.2 Å². The number of para-hydroxylation sites is 1. The topological polar surface area (TPSA) is 48.0 Å². The molecule has 1 amide bonds. The van der Waals surface area contributed by atoms with E-state index in [1.165, 1.54) is 18.4 Å². The third-order valence-corrected chi connectivity index (χ3v) is 6.59. The van der Waals surface area contributed by atoms with Gasteiger partial charge in [-0.2, -0.15) is 0 Å². The van der Waals surface area contributed by atoms with Crippen molar-refractivity contribution in [3.8, 4) is 17.2 Å². The number of piperidine rings is 1. The van der Waals surface area contributed by atoms with Gasteiger partial charge in [0.2, 0.25) is 0 Å². The Hall–Kier alpha value is -2.69. The van der Waals surface area contributed by atoms with Gasteiger partial charge in [0.05, 0.1) is 25.9 Å². The summed E-state index contributed by atoms with van der Waals surface area (Å²) >= 11 is 0. The summed E-state index contributed by atoms with van der Waals surface area (Å²) in [5.41, 5.74) is 1.93. The fourth-order valence-electron chi connectivity index (χ4n) is 4.79. The number of ether oxygens (including phenoxy) is 3. The number of hydrogen-bond acceptors (Lipinski definition) is 4. The van der Waals surface area contributed by atoms with Crippen molar-refractivity contribution in [1.82, 2.24) is 4.90 Å². The van der Waals surface area contributed by atoms with Crippen molar-refractivity contribution in [3.63, 3.8) is 0 Å². The van der Waals surface area contributed by atoms with Crippen LogP contribution in [-0.2, 0) is 6.42 Å². The zero-order valence-corrected chi connectivity index (χ0v) is 18.6. The van der Waals surface area contributed by atoms with Gasteiger partial charge >= 0.3 is 0 Å². The molecule has 2 aliphatic rings. The molecule has 5 nitrogen and oxygen atoms in total. The highest BCUT2D eigenvalue weighted by atomic mass is 16.5. The molecule has 5 heteroatoms. The van der Waals surface area contributed by atoms with Crippen LogP contribution in [0.4, 0.5) is 0 Å². The van der Waals surface area contributed by atoms with Gasteiger partial charge in [-0.25, -0.2) is 0 Å². The lowest BCUT2D eigenvalue weighted by Crippen LogP contribution is -2.39. The van der Waals surface area contributed by atoms with Gasteiger partial charge in [-0.3, -0.25) is 4.79 Å². The maximum Gasteiger partial charge on any atom is 0.257 e. The Bertz CT molecular complexity index is 883. The van der Waals surface area contributed by atoms with Gasteiger partial charge in [-0.15, -0.1) is 0 Å². The van der Waals surface area contributed by atoms with Gasteiger partial charge in [-0.05, 0) is 80.7 Å². The highest BCUT2D eigenvalue weighted by molar-refractivity contribution is 5.97. The zero-order chi connectivity index (χ0) is 21.6. The zero-order valence-electron chi connectivity index (χ0n) is 18.6. The second-order valence-corrected chi connectivity index (χ2v) is 8.65. The number of likely N-dealkylation sites (tertiary alicyclic amines) is 1. The summed E-state index contributed by atoms with van der Waals surface area (Å²) in [6.07, 6.45) is 8.09. The molecule has 0 spiro atoms. The molecule has 0 radical (unpaired) electrons. The largest absolute Gasteiger partial charge is 0.496 e. The van der Waals surface area contributed by atoms with Crippen LogP contribution in [0.2, 0.25) is 0 Å². The van der Waals surface area contributed by atoms with E-state index < -0.39 is 0 Å². The lowest BCUT2D eigenvalue weighted by atomic mass is 9.89. The number of benzene rings is 2. The Labute approximate surface area is 185 Å². The van der Waals surface area contributed by atoms with Crippen molar-refractivity contribution in [2.75, 3.05) is 27.3 Å². The Balaban J connectivity index is 1.36. The number of carbonyl (C=O) groups excluding carboxylic acids is 1. The van der Waals surface area contributed by atoms with Crippen LogP contribution >= 0.6 is 0 Å². The standard InChI is InChI=1S/C26H33NO4/c1-29-23-10-6-5-9-22(23)26(28)27-15-13-19(14-16-27)17-20-11-12-24(30-2)25(18-20)31-21-7-3-4-8-21/h5-6,9-12,18-19,21H,3-4,7-8,13-17H2,1-2H3. The number of methoxy groups -OCH3 is 2. The molecule has 1 aliphatic carbocycles. The maximum absolute atomic E-state index is 12.9. The van der Waals surface area contributed by atoms with Crippen molar-refractivity contribution >= 4 is 5.91 Å². The summed E-state index contributed by atoms with van der Waals surface area (Å²) in [5, 5.41) is 0. The summed E-state index contributed by atoms with van der Waals surface area (Å²) in [4.78, 5) is 14.9. The molecule has 1 saturated heterocycles. The van der Waals surface area contributed by atoms with E-state index in [1.807, 2.05) is 35.2 Å². The van der Waals surface area contributed by atoms with E-state index in [1.54, 1.807) is 14.2 Å². The lowest BCUT2D eigenvalue weighted by molar-refractivity contribution is 0.0687. The van der Waals surface area contributed by atoms with Gasteiger partial charge in [0.15, 0.2) is 11.5 Å². The normalized spacial score (nSPS) is 17.5. The monoisotopic (exact) mass is 423 g/mol. The van der Waals surface area contributed by atoms with Gasteiger partial charge in [0.25, 0.3) is 5.91 Å². The molecule has 2 aromatic carbocycles. The third-order valence-electron chi connectivity index (χ3n) is 6.59. The third kappa shape index (κ3) is 5.15. The first kappa shape index (κ1) is 21.5. The fraction of sp³-hybridized carbons (Fsp3) is 0.500. The minimum atomic E-state index is 0.0626. The first-order valence-corrected chi connectivity index (χ1v) is 11.4. The molecule has 1 heterocycles. The summed E-state index contributed by atoms with van der Waals surface area (Å²) in [7, 11) is 3.31. The summed E-state index contributed by atoms with van der Waals surface area (Å²) < 4.78 is 17.1. The van der Waals surface area contributed by atoms with Crippen LogP contribution in [0.1, 0.15) is 54.4 Å². The smallest absolute Gasteiger partial charge is 0.257 e. The van der Waals surface area contributed by atoms with E-state index in [2.05, 4.69) is 12.1 Å². The molecule has 166 valence electrons. The quantitative estimate of drug-likeness (QED) is 0.620. The Morgan fingerprint density at radius 2 is 1.61 bits per heavy atom. The number of carbonyl (C=O) groups is 1. The minimum absolute atomic E-state index is 0.0626. The molecule has 31 heavy (non-hydrogen) atoms. The van der Waals surface area contributed by atoms with Crippen molar-refractivity contribution in [2.45, 2.75) is 51.0 Å². The van der Waals surface area contributed by atoms with Gasteiger partial charge in [0, 0.05) is 13.1 Å². The molecule has 0 atom stereocenters. The number of hydrogen-bond donors (Lipinski definition) is 0. The Morgan fingerprint density at radius 3 is 2.32 bits per heavy atom. The van der Waals surface area contributed by atoms with Crippen molar-refractivity contribution in [2.24, 2.45) is 5.92 Å². The van der Waals surface area contributed by atoms with Crippen LogP contribution in [0.15, 0.2) is 42.5 Å². The second kappa shape index (κ2) is 10.1. The van der Waals surface area contributed by atoms with Crippen LogP contribution in [-0.4, -0.2) is 44.2 Å². The van der Waals surface area contributed by atoms with Crippen LogP contribution in [0, 0.1) is 5.92 Å². The van der Waals surface area contributed by atoms with Crippen molar-refractivity contribution < 1.29 is 19.0 Å². The number of rotatable bonds is 7. The Morgan fingerprint density at radius 1 is 0.903 bits per heavy atom. The highest BCUT2D eigenvalue weighted by Gasteiger charge is 2.26. The number of nitrogens with zero attached hydrogens (tertiary/aromatic N) is 1. The fourth-order valence-corrected chi connectivity index (χ4v) is 4.79. The summed E-state index contributed by atoms with van der Waals surface area (Å²) in [6, 6.07) is 13.8.